The van der Waals surface area contributed by atoms with Crippen molar-refractivity contribution in [2.24, 2.45) is 0 Å². The fraction of sp³-hybridized carbons (Fsp3) is 0.500. The van der Waals surface area contributed by atoms with E-state index in [1.165, 1.54) is 5.56 Å². The summed E-state index contributed by atoms with van der Waals surface area (Å²) >= 11 is 0. The van der Waals surface area contributed by atoms with Crippen LogP contribution in [0.4, 0.5) is 5.69 Å². The Labute approximate surface area is 107 Å². The van der Waals surface area contributed by atoms with Crippen LogP contribution in [0.1, 0.15) is 12.0 Å². The monoisotopic (exact) mass is 268 g/mol. The predicted octanol–water partition coefficient (Wildman–Crippen LogP) is 0.722. The molecule has 2 N–H and O–H groups in total. The molecule has 2 heterocycles. The molecule has 0 radical (unpaired) electrons. The van der Waals surface area contributed by atoms with Gasteiger partial charge in [-0.1, -0.05) is 6.07 Å². The van der Waals surface area contributed by atoms with Crippen molar-refractivity contribution in [2.45, 2.75) is 23.8 Å². The summed E-state index contributed by atoms with van der Waals surface area (Å²) in [5, 5.41) is 3.19. The van der Waals surface area contributed by atoms with Gasteiger partial charge in [-0.3, -0.25) is 0 Å². The highest BCUT2D eigenvalue weighted by atomic mass is 32.2. The number of nitrogens with one attached hydrogen (secondary N) is 2. The quantitative estimate of drug-likeness (QED) is 0.848. The summed E-state index contributed by atoms with van der Waals surface area (Å²) < 4.78 is 32.2. The first-order valence-electron chi connectivity index (χ1n) is 6.12. The summed E-state index contributed by atoms with van der Waals surface area (Å²) in [5.41, 5.74) is 2.11. The molecule has 2 aliphatic rings. The Kier molecular flexibility index (Phi) is 3.01. The summed E-state index contributed by atoms with van der Waals surface area (Å²) in [6.45, 7) is 1.96. The first-order valence-corrected chi connectivity index (χ1v) is 7.60. The number of hydrogen-bond donors (Lipinski definition) is 2. The highest BCUT2D eigenvalue weighted by Gasteiger charge is 2.24. The molecule has 1 aromatic rings. The third-order valence-electron chi connectivity index (χ3n) is 3.35. The molecule has 2 aliphatic heterocycles. The first-order chi connectivity index (χ1) is 8.65. The second-order valence-electron chi connectivity index (χ2n) is 4.68. The maximum absolute atomic E-state index is 12.2. The van der Waals surface area contributed by atoms with Crippen LogP contribution < -0.4 is 10.0 Å². The largest absolute Gasteiger partial charge is 0.384 e. The molecule has 0 saturated carbocycles. The van der Waals surface area contributed by atoms with Crippen molar-refractivity contribution in [2.75, 3.05) is 25.1 Å². The number of rotatable bonds is 3. The number of hydrogen-bond acceptors (Lipinski definition) is 4. The molecule has 0 spiro atoms. The van der Waals surface area contributed by atoms with Crippen molar-refractivity contribution in [3.63, 3.8) is 0 Å². The van der Waals surface area contributed by atoms with Crippen molar-refractivity contribution in [1.82, 2.24) is 4.72 Å². The van der Waals surface area contributed by atoms with Gasteiger partial charge in [-0.2, -0.15) is 0 Å². The molecule has 0 aromatic heterocycles. The van der Waals surface area contributed by atoms with Gasteiger partial charge in [-0.25, -0.2) is 13.1 Å². The van der Waals surface area contributed by atoms with Gasteiger partial charge in [0.25, 0.3) is 0 Å². The van der Waals surface area contributed by atoms with E-state index in [1.807, 2.05) is 6.07 Å². The molecule has 1 fully saturated rings. The van der Waals surface area contributed by atoms with Crippen molar-refractivity contribution in [3.8, 4) is 0 Å². The summed E-state index contributed by atoms with van der Waals surface area (Å²) in [6.07, 6.45) is 1.70. The zero-order valence-corrected chi connectivity index (χ0v) is 10.8. The summed E-state index contributed by atoms with van der Waals surface area (Å²) in [6, 6.07) is 5.16. The Bertz CT molecular complexity index is 550. The van der Waals surface area contributed by atoms with Crippen LogP contribution in [0, 0.1) is 0 Å². The lowest BCUT2D eigenvalue weighted by atomic mass is 10.2. The Morgan fingerprint density at radius 2 is 2.28 bits per heavy atom. The van der Waals surface area contributed by atoms with Crippen LogP contribution in [0.15, 0.2) is 23.1 Å². The molecular formula is C12H16N2O3S. The fourth-order valence-corrected chi connectivity index (χ4v) is 3.63. The standard InChI is InChI=1S/C12H16N2O3S/c15-18(16,14-10-4-6-17-8-10)11-2-1-9-3-5-13-12(9)7-11/h1-2,7,10,13-14H,3-6,8H2. The lowest BCUT2D eigenvalue weighted by Gasteiger charge is -2.12. The van der Waals surface area contributed by atoms with Gasteiger partial charge >= 0.3 is 0 Å². The van der Waals surface area contributed by atoms with Crippen LogP contribution in [0.2, 0.25) is 0 Å². The van der Waals surface area contributed by atoms with E-state index in [4.69, 9.17) is 4.74 Å². The smallest absolute Gasteiger partial charge is 0.240 e. The lowest BCUT2D eigenvalue weighted by molar-refractivity contribution is 0.192. The minimum Gasteiger partial charge on any atom is -0.384 e. The minimum absolute atomic E-state index is 0.101. The molecular weight excluding hydrogens is 252 g/mol. The fourth-order valence-electron chi connectivity index (χ4n) is 2.35. The second kappa shape index (κ2) is 4.53. The SMILES string of the molecule is O=S(=O)(NC1CCOC1)c1ccc2c(c1)NCC2. The van der Waals surface area contributed by atoms with E-state index in [-0.39, 0.29) is 6.04 Å². The molecule has 1 saturated heterocycles. The van der Waals surface area contributed by atoms with Gasteiger partial charge in [0.1, 0.15) is 0 Å². The zero-order chi connectivity index (χ0) is 12.6. The number of fused-ring (bicyclic) bond motifs is 1. The van der Waals surface area contributed by atoms with E-state index in [2.05, 4.69) is 10.0 Å². The first kappa shape index (κ1) is 12.0. The zero-order valence-electron chi connectivity index (χ0n) is 9.98. The van der Waals surface area contributed by atoms with E-state index in [9.17, 15) is 8.42 Å². The van der Waals surface area contributed by atoms with Gasteiger partial charge in [0.15, 0.2) is 0 Å². The molecule has 1 atom stereocenters. The Balaban J connectivity index is 1.84. The molecule has 5 nitrogen and oxygen atoms in total. The Morgan fingerprint density at radius 3 is 3.06 bits per heavy atom. The Hall–Kier alpha value is -1.11. The van der Waals surface area contributed by atoms with E-state index in [0.717, 1.165) is 25.1 Å². The molecule has 6 heteroatoms. The average molecular weight is 268 g/mol. The van der Waals surface area contributed by atoms with Crippen molar-refractivity contribution < 1.29 is 13.2 Å². The number of sulfonamides is 1. The third kappa shape index (κ3) is 2.23. The highest BCUT2D eigenvalue weighted by molar-refractivity contribution is 7.89. The Morgan fingerprint density at radius 1 is 1.39 bits per heavy atom. The number of anilines is 1. The predicted molar refractivity (Wildman–Crippen MR) is 68.2 cm³/mol. The van der Waals surface area contributed by atoms with Gasteiger partial charge < -0.3 is 10.1 Å². The molecule has 0 aliphatic carbocycles. The molecule has 98 valence electrons. The third-order valence-corrected chi connectivity index (χ3v) is 4.87. The lowest BCUT2D eigenvalue weighted by Crippen LogP contribution is -2.35. The molecule has 3 rings (SSSR count). The topological polar surface area (TPSA) is 67.4 Å². The van der Waals surface area contributed by atoms with Crippen molar-refractivity contribution in [3.05, 3.63) is 23.8 Å². The number of ether oxygens (including phenoxy) is 1. The van der Waals surface area contributed by atoms with E-state index in [1.54, 1.807) is 12.1 Å². The number of benzene rings is 1. The van der Waals surface area contributed by atoms with Gasteiger partial charge in [-0.15, -0.1) is 0 Å². The van der Waals surface area contributed by atoms with Crippen molar-refractivity contribution in [1.29, 1.82) is 0 Å². The summed E-state index contributed by atoms with van der Waals surface area (Å²) in [7, 11) is -3.44. The van der Waals surface area contributed by atoms with Gasteiger partial charge in [0, 0.05) is 24.9 Å². The summed E-state index contributed by atoms with van der Waals surface area (Å²) in [5.74, 6) is 0. The van der Waals surface area contributed by atoms with Gasteiger partial charge in [0.2, 0.25) is 10.0 Å². The van der Waals surface area contributed by atoms with Crippen LogP contribution in [0.3, 0.4) is 0 Å². The van der Waals surface area contributed by atoms with E-state index in [0.29, 0.717) is 18.1 Å². The normalized spacial score (nSPS) is 22.8. The van der Waals surface area contributed by atoms with Crippen LogP contribution in [-0.4, -0.2) is 34.2 Å². The van der Waals surface area contributed by atoms with E-state index >= 15 is 0 Å². The average Bonchev–Trinajstić information content (AvgIpc) is 2.97. The molecule has 0 amide bonds. The molecule has 0 bridgehead atoms. The maximum Gasteiger partial charge on any atom is 0.240 e. The highest BCUT2D eigenvalue weighted by Crippen LogP contribution is 2.25. The van der Waals surface area contributed by atoms with Crippen LogP contribution >= 0.6 is 0 Å². The second-order valence-corrected chi connectivity index (χ2v) is 6.39. The maximum atomic E-state index is 12.2. The minimum atomic E-state index is -3.44. The molecule has 1 unspecified atom stereocenters. The van der Waals surface area contributed by atoms with Crippen LogP contribution in [0.25, 0.3) is 0 Å². The van der Waals surface area contributed by atoms with E-state index < -0.39 is 10.0 Å². The van der Waals surface area contributed by atoms with Crippen molar-refractivity contribution >= 4 is 15.7 Å². The van der Waals surface area contributed by atoms with Crippen LogP contribution in [-0.2, 0) is 21.2 Å². The molecule has 1 aromatic carbocycles. The molecule has 18 heavy (non-hydrogen) atoms. The summed E-state index contributed by atoms with van der Waals surface area (Å²) in [4.78, 5) is 0.322. The van der Waals surface area contributed by atoms with Gasteiger partial charge in [0.05, 0.1) is 11.5 Å². The van der Waals surface area contributed by atoms with Gasteiger partial charge in [-0.05, 0) is 30.5 Å². The van der Waals surface area contributed by atoms with Crippen LogP contribution in [0.5, 0.6) is 0 Å².